The van der Waals surface area contributed by atoms with E-state index in [0.717, 1.165) is 11.3 Å². The molecular formula is C21H20Cl2N2O3. The van der Waals surface area contributed by atoms with E-state index in [1.807, 2.05) is 31.2 Å². The molecule has 2 aromatic carbocycles. The van der Waals surface area contributed by atoms with Crippen molar-refractivity contribution in [3.05, 3.63) is 70.0 Å². The lowest BCUT2D eigenvalue weighted by Gasteiger charge is -2.14. The first-order valence-electron chi connectivity index (χ1n) is 8.83. The number of rotatable bonds is 7. The van der Waals surface area contributed by atoms with Crippen LogP contribution in [0.5, 0.6) is 5.75 Å². The topological polar surface area (TPSA) is 64.4 Å². The largest absolute Gasteiger partial charge is 0.481 e. The van der Waals surface area contributed by atoms with Crippen molar-refractivity contribution < 1.29 is 13.9 Å². The zero-order chi connectivity index (χ0) is 20.1. The molecule has 1 heterocycles. The van der Waals surface area contributed by atoms with Gasteiger partial charge in [0, 0.05) is 24.6 Å². The minimum absolute atomic E-state index is 0.228. The van der Waals surface area contributed by atoms with Crippen molar-refractivity contribution in [1.82, 2.24) is 10.3 Å². The van der Waals surface area contributed by atoms with Gasteiger partial charge in [-0.15, -0.1) is 0 Å². The summed E-state index contributed by atoms with van der Waals surface area (Å²) in [4.78, 5) is 16.7. The molecule has 1 aromatic heterocycles. The van der Waals surface area contributed by atoms with Gasteiger partial charge in [-0.25, -0.2) is 4.98 Å². The summed E-state index contributed by atoms with van der Waals surface area (Å²) in [6.45, 7) is 4.12. The Hall–Kier alpha value is -2.50. The fourth-order valence-electron chi connectivity index (χ4n) is 2.52. The molecule has 5 nitrogen and oxygen atoms in total. The molecular weight excluding hydrogens is 399 g/mol. The number of nitrogens with one attached hydrogen (secondary N) is 1. The van der Waals surface area contributed by atoms with Gasteiger partial charge in [-0.2, -0.15) is 0 Å². The van der Waals surface area contributed by atoms with Crippen LogP contribution in [0.1, 0.15) is 18.2 Å². The van der Waals surface area contributed by atoms with Gasteiger partial charge < -0.3 is 14.5 Å². The molecule has 1 amide bonds. The van der Waals surface area contributed by atoms with Gasteiger partial charge in [0.2, 0.25) is 5.89 Å². The second-order valence-electron chi connectivity index (χ2n) is 6.39. The van der Waals surface area contributed by atoms with Crippen LogP contribution in [0.15, 0.2) is 53.1 Å². The predicted octanol–water partition coefficient (Wildman–Crippen LogP) is 5.08. The Bertz CT molecular complexity index is 955. The fraction of sp³-hybridized carbons (Fsp3) is 0.238. The summed E-state index contributed by atoms with van der Waals surface area (Å²) < 4.78 is 11.1. The summed E-state index contributed by atoms with van der Waals surface area (Å²) in [5.74, 6) is 0.822. The molecule has 7 heteroatoms. The number of oxazole rings is 1. The maximum atomic E-state index is 12.2. The van der Waals surface area contributed by atoms with Crippen molar-refractivity contribution in [2.75, 3.05) is 6.54 Å². The van der Waals surface area contributed by atoms with Gasteiger partial charge in [-0.05, 0) is 38.1 Å². The molecule has 0 aliphatic rings. The third-order valence-corrected chi connectivity index (χ3v) is 4.84. The van der Waals surface area contributed by atoms with Crippen LogP contribution >= 0.6 is 23.2 Å². The summed E-state index contributed by atoms with van der Waals surface area (Å²) in [6.07, 6.45) is 1.50. The predicted molar refractivity (Wildman–Crippen MR) is 110 cm³/mol. The quantitative estimate of drug-likeness (QED) is 0.580. The van der Waals surface area contributed by atoms with Crippen molar-refractivity contribution in [2.45, 2.75) is 26.4 Å². The van der Waals surface area contributed by atoms with Crippen LogP contribution in [-0.2, 0) is 11.2 Å². The molecule has 146 valence electrons. The summed E-state index contributed by atoms with van der Waals surface area (Å²) >= 11 is 11.8. The van der Waals surface area contributed by atoms with E-state index in [0.29, 0.717) is 34.7 Å². The average molecular weight is 419 g/mol. The zero-order valence-corrected chi connectivity index (χ0v) is 17.1. The van der Waals surface area contributed by atoms with E-state index >= 15 is 0 Å². The number of nitrogens with zero attached hydrogens (tertiary/aromatic N) is 1. The fourth-order valence-corrected chi connectivity index (χ4v) is 2.80. The van der Waals surface area contributed by atoms with Crippen LogP contribution in [0.4, 0.5) is 0 Å². The van der Waals surface area contributed by atoms with Crippen LogP contribution in [0.3, 0.4) is 0 Å². The molecule has 0 saturated heterocycles. The average Bonchev–Trinajstić information content (AvgIpc) is 3.14. The summed E-state index contributed by atoms with van der Waals surface area (Å²) in [7, 11) is 0. The number of hydrogen-bond acceptors (Lipinski definition) is 4. The number of ether oxygens (including phenoxy) is 1. The summed E-state index contributed by atoms with van der Waals surface area (Å²) in [5.41, 5.74) is 2.87. The molecule has 0 aliphatic heterocycles. The van der Waals surface area contributed by atoms with Gasteiger partial charge in [0.1, 0.15) is 12.0 Å². The maximum absolute atomic E-state index is 12.2. The first-order valence-corrected chi connectivity index (χ1v) is 9.59. The molecule has 1 N–H and O–H groups in total. The number of amides is 1. The van der Waals surface area contributed by atoms with Crippen LogP contribution in [0, 0.1) is 6.92 Å². The van der Waals surface area contributed by atoms with Crippen molar-refractivity contribution in [1.29, 1.82) is 0 Å². The second kappa shape index (κ2) is 9.13. The van der Waals surface area contributed by atoms with Gasteiger partial charge in [0.05, 0.1) is 15.7 Å². The van der Waals surface area contributed by atoms with E-state index < -0.39 is 6.10 Å². The molecule has 0 aliphatic carbocycles. The Kier molecular flexibility index (Phi) is 6.60. The highest BCUT2D eigenvalue weighted by Gasteiger charge is 2.15. The first-order chi connectivity index (χ1) is 13.4. The number of aromatic nitrogens is 1. The van der Waals surface area contributed by atoms with E-state index in [9.17, 15) is 4.79 Å². The van der Waals surface area contributed by atoms with E-state index in [1.165, 1.54) is 5.56 Å². The van der Waals surface area contributed by atoms with Gasteiger partial charge in [-0.1, -0.05) is 40.9 Å². The second-order valence-corrected chi connectivity index (χ2v) is 7.20. The number of aryl methyl sites for hydroxylation is 1. The molecule has 0 radical (unpaired) electrons. The first kappa shape index (κ1) is 20.2. The highest BCUT2D eigenvalue weighted by molar-refractivity contribution is 6.42. The SMILES string of the molecule is Cc1ccc(-c2nc(CCNC(=O)C(C)Oc3ccc(Cl)c(Cl)c3)co2)cc1. The molecule has 3 aromatic rings. The summed E-state index contributed by atoms with van der Waals surface area (Å²) in [6, 6.07) is 12.8. The molecule has 1 unspecified atom stereocenters. The van der Waals surface area contributed by atoms with Gasteiger partial charge in [-0.3, -0.25) is 4.79 Å². The minimum Gasteiger partial charge on any atom is -0.481 e. The van der Waals surface area contributed by atoms with Crippen molar-refractivity contribution >= 4 is 29.1 Å². The number of halogens is 2. The normalized spacial score (nSPS) is 11.9. The van der Waals surface area contributed by atoms with E-state index in [4.69, 9.17) is 32.4 Å². The molecule has 0 fully saturated rings. The molecule has 3 rings (SSSR count). The lowest BCUT2D eigenvalue weighted by Crippen LogP contribution is -2.37. The maximum Gasteiger partial charge on any atom is 0.260 e. The number of hydrogen-bond donors (Lipinski definition) is 1. The Labute approximate surface area is 173 Å². The molecule has 0 saturated carbocycles. The lowest BCUT2D eigenvalue weighted by molar-refractivity contribution is -0.127. The zero-order valence-electron chi connectivity index (χ0n) is 15.5. The van der Waals surface area contributed by atoms with Crippen molar-refractivity contribution in [3.63, 3.8) is 0 Å². The third kappa shape index (κ3) is 5.27. The van der Waals surface area contributed by atoms with Crippen molar-refractivity contribution in [3.8, 4) is 17.2 Å². The Morgan fingerprint density at radius 3 is 2.64 bits per heavy atom. The number of carbonyl (C=O) groups is 1. The standard InChI is InChI=1S/C21H20Cl2N2O3/c1-13-3-5-15(6-4-13)21-25-16(12-27-21)9-10-24-20(26)14(2)28-17-7-8-18(22)19(23)11-17/h3-8,11-12,14H,9-10H2,1-2H3,(H,24,26). The van der Waals surface area contributed by atoms with E-state index in [2.05, 4.69) is 10.3 Å². The number of carbonyl (C=O) groups excluding carboxylic acids is 1. The van der Waals surface area contributed by atoms with Crippen LogP contribution in [0.25, 0.3) is 11.5 Å². The van der Waals surface area contributed by atoms with Crippen molar-refractivity contribution in [2.24, 2.45) is 0 Å². The Morgan fingerprint density at radius 1 is 1.18 bits per heavy atom. The molecule has 1 atom stereocenters. The smallest absolute Gasteiger partial charge is 0.260 e. The highest BCUT2D eigenvalue weighted by Crippen LogP contribution is 2.26. The number of benzene rings is 2. The van der Waals surface area contributed by atoms with E-state index in [-0.39, 0.29) is 5.91 Å². The van der Waals surface area contributed by atoms with Crippen LogP contribution in [0.2, 0.25) is 10.0 Å². The van der Waals surface area contributed by atoms with Gasteiger partial charge >= 0.3 is 0 Å². The van der Waals surface area contributed by atoms with E-state index in [1.54, 1.807) is 31.4 Å². The van der Waals surface area contributed by atoms with Crippen LogP contribution in [-0.4, -0.2) is 23.5 Å². The Morgan fingerprint density at radius 2 is 1.93 bits per heavy atom. The third-order valence-electron chi connectivity index (χ3n) is 4.10. The van der Waals surface area contributed by atoms with Gasteiger partial charge in [0.25, 0.3) is 5.91 Å². The highest BCUT2D eigenvalue weighted by atomic mass is 35.5. The minimum atomic E-state index is -0.669. The van der Waals surface area contributed by atoms with Gasteiger partial charge in [0.15, 0.2) is 6.10 Å². The lowest BCUT2D eigenvalue weighted by atomic mass is 10.1. The molecule has 0 spiro atoms. The van der Waals surface area contributed by atoms with Crippen LogP contribution < -0.4 is 10.1 Å². The Balaban J connectivity index is 1.48. The summed E-state index contributed by atoms with van der Waals surface area (Å²) in [5, 5.41) is 3.64. The molecule has 28 heavy (non-hydrogen) atoms. The monoisotopic (exact) mass is 418 g/mol. The molecule has 0 bridgehead atoms.